The maximum atomic E-state index is 17.0. The lowest BCUT2D eigenvalue weighted by atomic mass is 9.96. The second-order valence-corrected chi connectivity index (χ2v) is 21.7. The number of carbonyl (C=O) groups is 1. The number of carbonyl (C=O) groups excluding carboxylic acids is 1. The van der Waals surface area contributed by atoms with E-state index in [4.69, 9.17) is 21.1 Å². The average Bonchev–Trinajstić information content (AvgIpc) is 3.91. The van der Waals surface area contributed by atoms with Gasteiger partial charge in [-0.2, -0.15) is 9.97 Å². The van der Waals surface area contributed by atoms with Crippen molar-refractivity contribution >= 4 is 33.8 Å². The number of anilines is 1. The van der Waals surface area contributed by atoms with Crippen LogP contribution in [0.1, 0.15) is 83.6 Å². The molecular formula is C57H63F2N9O5. The van der Waals surface area contributed by atoms with Crippen LogP contribution in [0.3, 0.4) is 0 Å². The summed E-state index contributed by atoms with van der Waals surface area (Å²) in [6.45, 7) is 16.4. The molecule has 0 radical (unpaired) electrons. The van der Waals surface area contributed by atoms with Gasteiger partial charge in [-0.25, -0.2) is 8.78 Å². The number of rotatable bonds is 12. The lowest BCUT2D eigenvalue weighted by Gasteiger charge is -2.49. The first-order valence-corrected chi connectivity index (χ1v) is 25.6. The van der Waals surface area contributed by atoms with Gasteiger partial charge in [0.1, 0.15) is 40.1 Å². The van der Waals surface area contributed by atoms with E-state index in [1.807, 2.05) is 13.8 Å². The molecule has 2 unspecified atom stereocenters. The second-order valence-electron chi connectivity index (χ2n) is 21.7. The SMILES string of the molecule is C#Cc1c(F)ccc2cc(O)cc(-c3ncc4c(N5CC6CCC(C5)N6)nc(OCC5(CN6CC(N7CCN(Cc8ccc9c(c8)CN(C)C9)CC7)C6)CC5)nc4c3F)c12.CC(C)c1cc(C=O)c(O)cc1O. The minimum absolute atomic E-state index is 0.0130. The Balaban J connectivity index is 0.000000387. The molecule has 4 aromatic carbocycles. The molecular weight excluding hydrogens is 929 g/mol. The molecule has 4 saturated heterocycles. The van der Waals surface area contributed by atoms with Crippen molar-refractivity contribution in [1.29, 1.82) is 0 Å². The summed E-state index contributed by atoms with van der Waals surface area (Å²) in [5.41, 5.74) is 5.42. The normalized spacial score (nSPS) is 21.0. The summed E-state index contributed by atoms with van der Waals surface area (Å²) in [7, 11) is 2.19. The van der Waals surface area contributed by atoms with Gasteiger partial charge in [0, 0.05) is 125 Å². The maximum absolute atomic E-state index is 17.0. The number of hydrogen-bond acceptors (Lipinski definition) is 14. The van der Waals surface area contributed by atoms with Crippen molar-refractivity contribution in [3.63, 3.8) is 0 Å². The first-order chi connectivity index (χ1) is 35.2. The predicted molar refractivity (Wildman–Crippen MR) is 277 cm³/mol. The predicted octanol–water partition coefficient (Wildman–Crippen LogP) is 7.39. The number of terminal acetylenes is 1. The fraction of sp³-hybridized carbons (Fsp3) is 0.439. The molecule has 1 saturated carbocycles. The largest absolute Gasteiger partial charge is 0.508 e. The first-order valence-electron chi connectivity index (χ1n) is 25.6. The molecule has 14 nitrogen and oxygen atoms in total. The molecule has 2 aromatic heterocycles. The molecule has 73 heavy (non-hydrogen) atoms. The van der Waals surface area contributed by atoms with Gasteiger partial charge in [0.25, 0.3) is 0 Å². The molecule has 1 aliphatic carbocycles. The molecule has 7 heterocycles. The third kappa shape index (κ3) is 9.89. The summed E-state index contributed by atoms with van der Waals surface area (Å²) in [6, 6.07) is 16.7. The van der Waals surface area contributed by atoms with Crippen LogP contribution in [0.15, 0.2) is 60.8 Å². The number of nitrogens with one attached hydrogen (secondary N) is 1. The van der Waals surface area contributed by atoms with E-state index in [2.05, 4.69) is 66.0 Å². The number of pyridine rings is 1. The number of piperazine rings is 2. The van der Waals surface area contributed by atoms with Gasteiger partial charge in [0.2, 0.25) is 0 Å². The number of phenolic OH excluding ortho intramolecular Hbond substituents is 3. The summed E-state index contributed by atoms with van der Waals surface area (Å²) in [5.74, 6) is 1.55. The summed E-state index contributed by atoms with van der Waals surface area (Å²) in [5, 5.41) is 34.2. The molecule has 16 heteroatoms. The molecule has 0 spiro atoms. The van der Waals surface area contributed by atoms with Gasteiger partial charge in [0.15, 0.2) is 12.1 Å². The number of benzene rings is 4. The third-order valence-corrected chi connectivity index (χ3v) is 16.0. The number of phenols is 3. The minimum atomic E-state index is -0.705. The Labute approximate surface area is 424 Å². The molecule has 0 amide bonds. The van der Waals surface area contributed by atoms with Gasteiger partial charge in [0.05, 0.1) is 23.1 Å². The van der Waals surface area contributed by atoms with E-state index in [1.54, 1.807) is 6.20 Å². The molecule has 5 aliphatic heterocycles. The molecule has 2 atom stereocenters. The lowest BCUT2D eigenvalue weighted by molar-refractivity contribution is -0.00929. The Morgan fingerprint density at radius 1 is 0.904 bits per heavy atom. The van der Waals surface area contributed by atoms with Crippen molar-refractivity contribution < 1.29 is 33.6 Å². The van der Waals surface area contributed by atoms with Gasteiger partial charge in [-0.3, -0.25) is 29.4 Å². The van der Waals surface area contributed by atoms with E-state index in [-0.39, 0.29) is 62.5 Å². The number of fused-ring (bicyclic) bond motifs is 5. The Bertz CT molecular complexity index is 3140. The van der Waals surface area contributed by atoms with E-state index in [0.29, 0.717) is 58.6 Å². The van der Waals surface area contributed by atoms with Crippen LogP contribution in [-0.4, -0.2) is 147 Å². The van der Waals surface area contributed by atoms with Crippen LogP contribution in [0, 0.1) is 29.4 Å². The van der Waals surface area contributed by atoms with E-state index >= 15 is 4.39 Å². The highest BCUT2D eigenvalue weighted by molar-refractivity contribution is 6.03. The fourth-order valence-corrected chi connectivity index (χ4v) is 11.8. The van der Waals surface area contributed by atoms with Crippen LogP contribution >= 0.6 is 0 Å². The number of nitrogens with zero attached hydrogens (tertiary/aromatic N) is 8. The summed E-state index contributed by atoms with van der Waals surface area (Å²) >= 11 is 0. The smallest absolute Gasteiger partial charge is 0.319 e. The van der Waals surface area contributed by atoms with Gasteiger partial charge >= 0.3 is 6.01 Å². The van der Waals surface area contributed by atoms with Gasteiger partial charge in [-0.1, -0.05) is 44.0 Å². The standard InChI is InChI=1S/C47H51F2N9O2.C10H12O3/c1-3-37-40(48)9-6-30-17-36(59)18-38(41(30)37)43-42(49)44-39(19-50-43)45(58-23-33-7-8-34(24-58)51-33)53-46(52-44)60-28-47(10-11-47)27-56-25-35(26-56)57-14-12-55(13-15-57)20-29-4-5-31-21-54(2)22-32(31)16-29;1-6(2)8-3-7(5-11)9(12)4-10(8)13/h1,4-6,9,16-19,33-35,51,59H,7-8,10-15,20-28H2,2H3;3-6,12-13H,1-2H3. The molecule has 12 rings (SSSR count). The zero-order valence-corrected chi connectivity index (χ0v) is 41.8. The number of aldehydes is 1. The molecule has 6 aliphatic rings. The number of halogens is 2. The van der Waals surface area contributed by atoms with Crippen LogP contribution in [0.2, 0.25) is 0 Å². The topological polar surface area (TPSA) is 154 Å². The van der Waals surface area contributed by atoms with Crippen LogP contribution in [0.5, 0.6) is 23.3 Å². The average molecular weight is 992 g/mol. The Kier molecular flexibility index (Phi) is 13.2. The van der Waals surface area contributed by atoms with Crippen molar-refractivity contribution in [2.75, 3.05) is 77.5 Å². The van der Waals surface area contributed by atoms with Crippen molar-refractivity contribution in [3.05, 3.63) is 106 Å². The number of aromatic nitrogens is 3. The summed E-state index contributed by atoms with van der Waals surface area (Å²) < 4.78 is 38.5. The Hall–Kier alpha value is -6.48. The van der Waals surface area contributed by atoms with Gasteiger partial charge < -0.3 is 30.3 Å². The number of hydrogen-bond donors (Lipinski definition) is 4. The third-order valence-electron chi connectivity index (χ3n) is 16.0. The minimum Gasteiger partial charge on any atom is -0.508 e. The summed E-state index contributed by atoms with van der Waals surface area (Å²) in [4.78, 5) is 37.1. The Morgan fingerprint density at radius 3 is 2.37 bits per heavy atom. The molecule has 5 fully saturated rings. The fourth-order valence-electron chi connectivity index (χ4n) is 11.8. The highest BCUT2D eigenvalue weighted by Gasteiger charge is 2.48. The molecule has 4 N–H and O–H groups in total. The van der Waals surface area contributed by atoms with Crippen LogP contribution in [0.25, 0.3) is 32.9 Å². The van der Waals surface area contributed by atoms with E-state index in [9.17, 15) is 24.5 Å². The first kappa shape index (κ1) is 48.8. The highest BCUT2D eigenvalue weighted by Crippen LogP contribution is 2.48. The molecule has 2 bridgehead atoms. The van der Waals surface area contributed by atoms with Crippen LogP contribution in [0.4, 0.5) is 14.6 Å². The monoisotopic (exact) mass is 991 g/mol. The number of ether oxygens (including phenoxy) is 1. The number of likely N-dealkylation sites (tertiary alicyclic amines) is 1. The van der Waals surface area contributed by atoms with Crippen molar-refractivity contribution in [2.24, 2.45) is 5.41 Å². The van der Waals surface area contributed by atoms with E-state index in [1.165, 1.54) is 53.1 Å². The van der Waals surface area contributed by atoms with Gasteiger partial charge in [-0.15, -0.1) is 6.42 Å². The van der Waals surface area contributed by atoms with Crippen molar-refractivity contribution in [3.8, 4) is 46.9 Å². The summed E-state index contributed by atoms with van der Waals surface area (Å²) in [6.07, 6.45) is 12.2. The second kappa shape index (κ2) is 19.7. The molecule has 380 valence electrons. The zero-order valence-electron chi connectivity index (χ0n) is 41.8. The Morgan fingerprint density at radius 2 is 1.66 bits per heavy atom. The van der Waals surface area contributed by atoms with Crippen LogP contribution in [-0.2, 0) is 19.6 Å². The van der Waals surface area contributed by atoms with Crippen molar-refractivity contribution in [2.45, 2.75) is 83.2 Å². The molecule has 6 aromatic rings. The van der Waals surface area contributed by atoms with Gasteiger partial charge in [-0.05, 0) is 90.6 Å². The highest BCUT2D eigenvalue weighted by atomic mass is 19.1. The zero-order chi connectivity index (χ0) is 50.7. The van der Waals surface area contributed by atoms with E-state index in [0.717, 1.165) is 104 Å². The van der Waals surface area contributed by atoms with E-state index < -0.39 is 11.6 Å². The quantitative estimate of drug-likeness (QED) is 0.0712. The number of aromatic hydroxyl groups is 3. The maximum Gasteiger partial charge on any atom is 0.319 e. The van der Waals surface area contributed by atoms with Crippen LogP contribution < -0.4 is 15.0 Å². The lowest BCUT2D eigenvalue weighted by Crippen LogP contribution is -2.63. The van der Waals surface area contributed by atoms with Crippen molar-refractivity contribution in [1.82, 2.24) is 39.9 Å².